The Morgan fingerprint density at radius 3 is 2.96 bits per heavy atom. The van der Waals surface area contributed by atoms with Gasteiger partial charge in [0.05, 0.1) is 0 Å². The van der Waals surface area contributed by atoms with E-state index in [2.05, 4.69) is 10.3 Å². The van der Waals surface area contributed by atoms with Crippen molar-refractivity contribution in [2.24, 2.45) is 0 Å². The minimum atomic E-state index is -0.907. The van der Waals surface area contributed by atoms with Crippen molar-refractivity contribution in [2.75, 3.05) is 13.2 Å². The standard InChI is InChI=1S/C19H19N3O4/c1-13-5-4-6-15(9-13)26-12-14(23)10-21-18(24)16-11-20-17-7-2-3-8-22(17)19(16)25/h2-9,11,14,23H,10,12H2,1H3,(H,21,24). The van der Waals surface area contributed by atoms with Gasteiger partial charge in [0.2, 0.25) is 0 Å². The number of carbonyl (C=O) groups is 1. The van der Waals surface area contributed by atoms with Gasteiger partial charge in [-0.3, -0.25) is 14.0 Å². The lowest BCUT2D eigenvalue weighted by atomic mass is 10.2. The highest BCUT2D eigenvalue weighted by molar-refractivity contribution is 5.93. The van der Waals surface area contributed by atoms with Crippen molar-refractivity contribution in [3.63, 3.8) is 0 Å². The molecular formula is C19H19N3O4. The first-order valence-corrected chi connectivity index (χ1v) is 8.17. The van der Waals surface area contributed by atoms with Crippen molar-refractivity contribution in [1.82, 2.24) is 14.7 Å². The van der Waals surface area contributed by atoms with Crippen LogP contribution < -0.4 is 15.6 Å². The lowest BCUT2D eigenvalue weighted by molar-refractivity contribution is 0.0842. The van der Waals surface area contributed by atoms with Crippen LogP contribution in [0.1, 0.15) is 15.9 Å². The molecule has 0 radical (unpaired) electrons. The molecular weight excluding hydrogens is 334 g/mol. The van der Waals surface area contributed by atoms with Crippen molar-refractivity contribution in [1.29, 1.82) is 0 Å². The lowest BCUT2D eigenvalue weighted by Gasteiger charge is -2.13. The maximum atomic E-state index is 12.3. The molecule has 0 aliphatic rings. The Labute approximate surface area is 149 Å². The molecule has 3 rings (SSSR count). The summed E-state index contributed by atoms with van der Waals surface area (Å²) in [5.41, 5.74) is 0.967. The second-order valence-corrected chi connectivity index (χ2v) is 5.90. The van der Waals surface area contributed by atoms with E-state index in [1.165, 1.54) is 10.6 Å². The Morgan fingerprint density at radius 1 is 1.31 bits per heavy atom. The number of aliphatic hydroxyl groups excluding tert-OH is 1. The molecule has 0 aliphatic heterocycles. The third-order valence-electron chi connectivity index (χ3n) is 3.79. The number of aromatic nitrogens is 2. The summed E-state index contributed by atoms with van der Waals surface area (Å²) < 4.78 is 6.79. The van der Waals surface area contributed by atoms with Crippen LogP contribution in [0.15, 0.2) is 59.7 Å². The number of aryl methyl sites for hydroxylation is 1. The van der Waals surface area contributed by atoms with E-state index < -0.39 is 17.6 Å². The fraction of sp³-hybridized carbons (Fsp3) is 0.211. The minimum absolute atomic E-state index is 0.0265. The molecule has 1 unspecified atom stereocenters. The molecule has 0 aliphatic carbocycles. The van der Waals surface area contributed by atoms with Gasteiger partial charge in [-0.2, -0.15) is 0 Å². The zero-order chi connectivity index (χ0) is 18.5. The predicted molar refractivity (Wildman–Crippen MR) is 96.5 cm³/mol. The van der Waals surface area contributed by atoms with Gasteiger partial charge in [-0.25, -0.2) is 4.98 Å². The number of fused-ring (bicyclic) bond motifs is 1. The van der Waals surface area contributed by atoms with Gasteiger partial charge >= 0.3 is 0 Å². The normalized spacial score (nSPS) is 11.9. The van der Waals surface area contributed by atoms with Gasteiger partial charge in [0.15, 0.2) is 0 Å². The van der Waals surface area contributed by atoms with Crippen molar-refractivity contribution in [2.45, 2.75) is 13.0 Å². The Kier molecular flexibility index (Phi) is 5.28. The molecule has 0 spiro atoms. The van der Waals surface area contributed by atoms with Crippen molar-refractivity contribution in [3.05, 3.63) is 76.3 Å². The molecule has 2 heterocycles. The summed E-state index contributed by atoms with van der Waals surface area (Å²) in [6.07, 6.45) is 1.88. The first-order chi connectivity index (χ1) is 12.5. The Morgan fingerprint density at radius 2 is 2.15 bits per heavy atom. The van der Waals surface area contributed by atoms with E-state index in [4.69, 9.17) is 4.74 Å². The van der Waals surface area contributed by atoms with Crippen LogP contribution in [0.4, 0.5) is 0 Å². The van der Waals surface area contributed by atoms with Crippen LogP contribution in [0.25, 0.3) is 5.65 Å². The third kappa shape index (κ3) is 4.07. The van der Waals surface area contributed by atoms with E-state index in [9.17, 15) is 14.7 Å². The second-order valence-electron chi connectivity index (χ2n) is 5.90. The number of benzene rings is 1. The Bertz CT molecular complexity index is 984. The molecule has 0 saturated carbocycles. The molecule has 134 valence electrons. The number of hydrogen-bond donors (Lipinski definition) is 2. The highest BCUT2D eigenvalue weighted by atomic mass is 16.5. The van der Waals surface area contributed by atoms with E-state index >= 15 is 0 Å². The van der Waals surface area contributed by atoms with Gasteiger partial charge in [-0.1, -0.05) is 18.2 Å². The van der Waals surface area contributed by atoms with Gasteiger partial charge in [0.25, 0.3) is 11.5 Å². The molecule has 0 bridgehead atoms. The lowest BCUT2D eigenvalue weighted by Crippen LogP contribution is -2.38. The number of nitrogens with zero attached hydrogens (tertiary/aromatic N) is 2. The molecule has 0 fully saturated rings. The minimum Gasteiger partial charge on any atom is -0.491 e. The molecule has 26 heavy (non-hydrogen) atoms. The summed E-state index contributed by atoms with van der Waals surface area (Å²) in [6.45, 7) is 1.93. The highest BCUT2D eigenvalue weighted by Crippen LogP contribution is 2.12. The van der Waals surface area contributed by atoms with Crippen LogP contribution in [0.3, 0.4) is 0 Å². The number of amides is 1. The average molecular weight is 353 g/mol. The van der Waals surface area contributed by atoms with Crippen molar-refractivity contribution >= 4 is 11.6 Å². The van der Waals surface area contributed by atoms with Gasteiger partial charge in [0.1, 0.15) is 29.7 Å². The molecule has 7 heteroatoms. The first-order valence-electron chi connectivity index (χ1n) is 8.17. The van der Waals surface area contributed by atoms with Crippen molar-refractivity contribution in [3.8, 4) is 5.75 Å². The maximum absolute atomic E-state index is 12.3. The van der Waals surface area contributed by atoms with Gasteiger partial charge in [-0.15, -0.1) is 0 Å². The summed E-state index contributed by atoms with van der Waals surface area (Å²) in [7, 11) is 0. The number of pyridine rings is 1. The SMILES string of the molecule is Cc1cccc(OCC(O)CNC(=O)c2cnc3ccccn3c2=O)c1. The van der Waals surface area contributed by atoms with Crippen LogP contribution in [-0.2, 0) is 0 Å². The van der Waals surface area contributed by atoms with Crippen LogP contribution >= 0.6 is 0 Å². The summed E-state index contributed by atoms with van der Waals surface area (Å²) >= 11 is 0. The number of carbonyl (C=O) groups excluding carboxylic acids is 1. The Hall–Kier alpha value is -3.19. The van der Waals surface area contributed by atoms with Crippen LogP contribution in [-0.4, -0.2) is 39.7 Å². The highest BCUT2D eigenvalue weighted by Gasteiger charge is 2.14. The Balaban J connectivity index is 1.58. The summed E-state index contributed by atoms with van der Waals surface area (Å²) in [6, 6.07) is 12.6. The molecule has 2 N–H and O–H groups in total. The van der Waals surface area contributed by atoms with Gasteiger partial charge in [-0.05, 0) is 36.8 Å². The summed E-state index contributed by atoms with van der Waals surface area (Å²) in [4.78, 5) is 28.6. The molecule has 0 saturated heterocycles. The van der Waals surface area contributed by atoms with Gasteiger partial charge in [0, 0.05) is 18.9 Å². The molecule has 1 aromatic carbocycles. The molecule has 1 atom stereocenters. The number of nitrogens with one attached hydrogen (secondary N) is 1. The van der Waals surface area contributed by atoms with E-state index in [1.54, 1.807) is 30.5 Å². The van der Waals surface area contributed by atoms with E-state index in [-0.39, 0.29) is 18.7 Å². The van der Waals surface area contributed by atoms with Gasteiger partial charge < -0.3 is 15.2 Å². The molecule has 7 nitrogen and oxygen atoms in total. The summed E-state index contributed by atoms with van der Waals surface area (Å²) in [5.74, 6) is 0.0581. The largest absolute Gasteiger partial charge is 0.491 e. The topological polar surface area (TPSA) is 92.9 Å². The fourth-order valence-corrected chi connectivity index (χ4v) is 2.44. The van der Waals surface area contributed by atoms with Crippen molar-refractivity contribution < 1.29 is 14.6 Å². The van der Waals surface area contributed by atoms with E-state index in [0.717, 1.165) is 5.56 Å². The number of ether oxygens (including phenoxy) is 1. The number of aliphatic hydroxyl groups is 1. The van der Waals surface area contributed by atoms with Crippen LogP contribution in [0.5, 0.6) is 5.75 Å². The molecule has 1 amide bonds. The van der Waals surface area contributed by atoms with Crippen LogP contribution in [0, 0.1) is 6.92 Å². The third-order valence-corrected chi connectivity index (χ3v) is 3.79. The van der Waals surface area contributed by atoms with E-state index in [0.29, 0.717) is 11.4 Å². The average Bonchev–Trinajstić information content (AvgIpc) is 2.65. The quantitative estimate of drug-likeness (QED) is 0.694. The predicted octanol–water partition coefficient (Wildman–Crippen LogP) is 1.17. The van der Waals surface area contributed by atoms with E-state index in [1.807, 2.05) is 25.1 Å². The number of hydrogen-bond acceptors (Lipinski definition) is 5. The smallest absolute Gasteiger partial charge is 0.270 e. The van der Waals surface area contributed by atoms with Crippen LogP contribution in [0.2, 0.25) is 0 Å². The second kappa shape index (κ2) is 7.79. The fourth-order valence-electron chi connectivity index (χ4n) is 2.44. The zero-order valence-corrected chi connectivity index (χ0v) is 14.3. The molecule has 2 aromatic heterocycles. The summed E-state index contributed by atoms with van der Waals surface area (Å²) in [5, 5.41) is 12.5. The monoisotopic (exact) mass is 353 g/mol. The number of rotatable bonds is 6. The first kappa shape index (κ1) is 17.6. The maximum Gasteiger partial charge on any atom is 0.270 e. The zero-order valence-electron chi connectivity index (χ0n) is 14.3. The molecule has 3 aromatic rings.